The van der Waals surface area contributed by atoms with E-state index < -0.39 is 0 Å². The minimum absolute atomic E-state index is 0.00163. The smallest absolute Gasteiger partial charge is 0.0635 e. The van der Waals surface area contributed by atoms with E-state index in [1.165, 1.54) is 35.1 Å². The summed E-state index contributed by atoms with van der Waals surface area (Å²) in [6, 6.07) is 43.5. The van der Waals surface area contributed by atoms with E-state index in [0.717, 1.165) is 32.0 Å². The first-order valence-corrected chi connectivity index (χ1v) is 19.7. The number of ether oxygens (including phenoxy) is 2. The lowest BCUT2D eigenvalue weighted by molar-refractivity contribution is -0.0920. The molecule has 4 aromatic rings. The molecule has 0 radical (unpaired) electrons. The minimum Gasteiger partial charge on any atom is -0.376 e. The van der Waals surface area contributed by atoms with Gasteiger partial charge in [0.2, 0.25) is 0 Å². The van der Waals surface area contributed by atoms with Crippen molar-refractivity contribution in [3.63, 3.8) is 0 Å². The molecular formula is C49H68O2. The van der Waals surface area contributed by atoms with Crippen LogP contribution >= 0.6 is 0 Å². The molecule has 2 nitrogen and oxygen atoms in total. The van der Waals surface area contributed by atoms with Crippen molar-refractivity contribution in [2.75, 3.05) is 13.2 Å². The van der Waals surface area contributed by atoms with Crippen molar-refractivity contribution < 1.29 is 9.47 Å². The van der Waals surface area contributed by atoms with Crippen LogP contribution < -0.4 is 0 Å². The Morgan fingerprint density at radius 3 is 1.39 bits per heavy atom. The number of rotatable bonds is 8. The molecule has 2 fully saturated rings. The molecule has 2 aliphatic heterocycles. The van der Waals surface area contributed by atoms with Gasteiger partial charge in [-0.3, -0.25) is 0 Å². The van der Waals surface area contributed by atoms with Crippen molar-refractivity contribution in [3.8, 4) is 0 Å². The van der Waals surface area contributed by atoms with Crippen molar-refractivity contribution in [3.05, 3.63) is 144 Å². The highest BCUT2D eigenvalue weighted by molar-refractivity contribution is 5.33. The van der Waals surface area contributed by atoms with E-state index in [4.69, 9.17) is 9.47 Å². The van der Waals surface area contributed by atoms with Gasteiger partial charge in [0.15, 0.2) is 0 Å². The highest BCUT2D eigenvalue weighted by Crippen LogP contribution is 2.46. The van der Waals surface area contributed by atoms with E-state index in [9.17, 15) is 0 Å². The maximum absolute atomic E-state index is 5.89. The normalized spacial score (nSPS) is 21.7. The van der Waals surface area contributed by atoms with Crippen LogP contribution in [0.25, 0.3) is 0 Å². The molecule has 276 valence electrons. The largest absolute Gasteiger partial charge is 0.376 e. The van der Waals surface area contributed by atoms with Crippen LogP contribution in [0.15, 0.2) is 121 Å². The van der Waals surface area contributed by atoms with Crippen LogP contribution in [0.2, 0.25) is 0 Å². The maximum Gasteiger partial charge on any atom is 0.0635 e. The molecular weight excluding hydrogens is 621 g/mol. The average molecular weight is 689 g/mol. The number of hydrogen-bond donors (Lipinski definition) is 0. The number of hydrogen-bond acceptors (Lipinski definition) is 2. The van der Waals surface area contributed by atoms with Crippen LogP contribution in [0.4, 0.5) is 0 Å². The Morgan fingerprint density at radius 1 is 0.529 bits per heavy atom. The molecule has 0 saturated carbocycles. The summed E-state index contributed by atoms with van der Waals surface area (Å²) in [7, 11) is 0. The van der Waals surface area contributed by atoms with Crippen LogP contribution in [0.3, 0.4) is 0 Å². The summed E-state index contributed by atoms with van der Waals surface area (Å²) in [6.07, 6.45) is 4.62. The summed E-state index contributed by atoms with van der Waals surface area (Å²) >= 11 is 0. The van der Waals surface area contributed by atoms with Gasteiger partial charge in [0.05, 0.1) is 11.2 Å². The molecule has 0 aliphatic carbocycles. The third kappa shape index (κ3) is 11.4. The third-order valence-corrected chi connectivity index (χ3v) is 11.4. The molecule has 2 heteroatoms. The van der Waals surface area contributed by atoms with Gasteiger partial charge in [0.25, 0.3) is 0 Å². The van der Waals surface area contributed by atoms with Gasteiger partial charge < -0.3 is 9.47 Å². The van der Waals surface area contributed by atoms with E-state index in [0.29, 0.717) is 29.6 Å². The van der Waals surface area contributed by atoms with Gasteiger partial charge >= 0.3 is 0 Å². The van der Waals surface area contributed by atoms with E-state index in [1.807, 2.05) is 0 Å². The predicted octanol–water partition coefficient (Wildman–Crippen LogP) is 13.3. The summed E-state index contributed by atoms with van der Waals surface area (Å²) in [4.78, 5) is 0. The Morgan fingerprint density at radius 2 is 0.980 bits per heavy atom. The average Bonchev–Trinajstić information content (AvgIpc) is 3.10. The van der Waals surface area contributed by atoms with E-state index in [1.54, 1.807) is 0 Å². The predicted molar refractivity (Wildman–Crippen MR) is 219 cm³/mol. The van der Waals surface area contributed by atoms with Crippen molar-refractivity contribution in [1.29, 1.82) is 0 Å². The Kier molecular flexibility index (Phi) is 14.7. The van der Waals surface area contributed by atoms with Gasteiger partial charge in [-0.05, 0) is 105 Å². The van der Waals surface area contributed by atoms with Crippen molar-refractivity contribution >= 4 is 0 Å². The molecule has 0 N–H and O–H groups in total. The zero-order valence-electron chi connectivity index (χ0n) is 33.6. The summed E-state index contributed by atoms with van der Waals surface area (Å²) in [5.41, 5.74) is 6.11. The topological polar surface area (TPSA) is 18.5 Å². The molecule has 0 bridgehead atoms. The monoisotopic (exact) mass is 689 g/mol. The van der Waals surface area contributed by atoms with Crippen LogP contribution in [0.5, 0.6) is 0 Å². The Hall–Kier alpha value is -3.20. The Labute approximate surface area is 312 Å². The van der Waals surface area contributed by atoms with Gasteiger partial charge in [-0.25, -0.2) is 0 Å². The second-order valence-electron chi connectivity index (χ2n) is 17.3. The van der Waals surface area contributed by atoms with Gasteiger partial charge in [0, 0.05) is 24.5 Å². The van der Waals surface area contributed by atoms with Crippen LogP contribution in [-0.4, -0.2) is 24.4 Å². The SMILES string of the molecule is CC(C)C(c1ccccc1)C1CCOC(C)(C)C1.CC(C)C(c1ccccc1)c1ccccc1.CC(C)C1(c2ccccc2)CCOC(C)(C)C1. The molecule has 2 aliphatic rings. The molecule has 0 spiro atoms. The van der Waals surface area contributed by atoms with Crippen molar-refractivity contribution in [2.45, 2.75) is 123 Å². The van der Waals surface area contributed by atoms with Crippen molar-refractivity contribution in [2.24, 2.45) is 23.7 Å². The molecule has 2 saturated heterocycles. The minimum atomic E-state index is -0.00163. The molecule has 3 atom stereocenters. The highest BCUT2D eigenvalue weighted by atomic mass is 16.5. The fourth-order valence-electron chi connectivity index (χ4n) is 9.00. The summed E-state index contributed by atoms with van der Waals surface area (Å²) < 4.78 is 11.8. The summed E-state index contributed by atoms with van der Waals surface area (Å²) in [5, 5.41) is 0. The van der Waals surface area contributed by atoms with Gasteiger partial charge in [0.1, 0.15) is 0 Å². The maximum atomic E-state index is 5.89. The lowest BCUT2D eigenvalue weighted by Gasteiger charge is -2.48. The van der Waals surface area contributed by atoms with Crippen LogP contribution in [0.1, 0.15) is 129 Å². The quantitative estimate of drug-likeness (QED) is 0.183. The molecule has 0 amide bonds. The van der Waals surface area contributed by atoms with Crippen LogP contribution in [-0.2, 0) is 14.9 Å². The van der Waals surface area contributed by atoms with Crippen LogP contribution in [0, 0.1) is 23.7 Å². The molecule has 6 rings (SSSR count). The van der Waals surface area contributed by atoms with Gasteiger partial charge in [-0.1, -0.05) is 163 Å². The Bertz CT molecular complexity index is 1490. The van der Waals surface area contributed by atoms with E-state index in [-0.39, 0.29) is 16.6 Å². The third-order valence-electron chi connectivity index (χ3n) is 11.4. The standard InChI is InChI=1S/C17H26O.C16H24O.C16H18/c1-13(2)16(14-8-6-5-7-9-14)15-10-11-18-17(3,4)12-15;1-13(2)16(14-8-6-5-7-9-14)10-11-17-15(3,4)12-16;1-13(2)16(14-9-5-3-6-10-14)15-11-7-4-8-12-15/h5-9,13,15-16H,10-12H2,1-4H3;5-9,13H,10-12H2,1-4H3;3-13,16H,1-2H3. The fourth-order valence-corrected chi connectivity index (χ4v) is 9.00. The molecule has 51 heavy (non-hydrogen) atoms. The zero-order valence-corrected chi connectivity index (χ0v) is 33.6. The molecule has 0 aromatic heterocycles. The van der Waals surface area contributed by atoms with Crippen molar-refractivity contribution in [1.82, 2.24) is 0 Å². The van der Waals surface area contributed by atoms with Gasteiger partial charge in [-0.2, -0.15) is 0 Å². The fraction of sp³-hybridized carbons (Fsp3) is 0.510. The molecule has 2 heterocycles. The van der Waals surface area contributed by atoms with E-state index in [2.05, 4.69) is 191 Å². The second kappa shape index (κ2) is 18.5. The summed E-state index contributed by atoms with van der Waals surface area (Å²) in [6.45, 7) is 24.6. The first-order valence-electron chi connectivity index (χ1n) is 19.7. The lowest BCUT2D eigenvalue weighted by atomic mass is 9.63. The van der Waals surface area contributed by atoms with E-state index >= 15 is 0 Å². The molecule has 3 unspecified atom stereocenters. The first kappa shape index (κ1) is 40.6. The Balaban J connectivity index is 0.000000172. The zero-order chi connectivity index (χ0) is 37.1. The molecule has 4 aromatic carbocycles. The van der Waals surface area contributed by atoms with Gasteiger partial charge in [-0.15, -0.1) is 0 Å². The summed E-state index contributed by atoms with van der Waals surface area (Å²) in [5.74, 6) is 3.86. The lowest BCUT2D eigenvalue weighted by Crippen LogP contribution is -2.46. The highest BCUT2D eigenvalue weighted by Gasteiger charge is 2.44. The second-order valence-corrected chi connectivity index (χ2v) is 17.3. The first-order chi connectivity index (χ1) is 24.2. The number of benzene rings is 4.